The second-order valence-electron chi connectivity index (χ2n) is 7.02. The maximum Gasteiger partial charge on any atom is 0.338 e. The van der Waals surface area contributed by atoms with Gasteiger partial charge in [-0.3, -0.25) is 0 Å². The van der Waals surface area contributed by atoms with Gasteiger partial charge in [-0.25, -0.2) is 4.79 Å². The molecule has 0 heterocycles. The van der Waals surface area contributed by atoms with Crippen LogP contribution in [0, 0.1) is 6.07 Å². The first-order chi connectivity index (χ1) is 12.3. The third-order valence-electron chi connectivity index (χ3n) is 4.67. The Morgan fingerprint density at radius 2 is 1.36 bits per heavy atom. The lowest BCUT2D eigenvalue weighted by atomic mass is 10.0. The van der Waals surface area contributed by atoms with Gasteiger partial charge in [0.2, 0.25) is 0 Å². The minimum absolute atomic E-state index is 0.230. The number of unbranched alkanes of at least 4 members (excludes halogenated alkanes) is 13. The van der Waals surface area contributed by atoms with Crippen molar-refractivity contribution in [3.05, 3.63) is 35.9 Å². The summed E-state index contributed by atoms with van der Waals surface area (Å²) in [5.41, 5.74) is 0.591. The molecule has 0 amide bonds. The van der Waals surface area contributed by atoms with E-state index in [1.165, 1.54) is 77.0 Å². The standard InChI is InChI=1S/C23H37O2/c1-2-3-4-5-6-7-8-9-10-11-12-13-14-18-21-25-23(24)22-19-16-15-17-20-22/h15-16,19-20H,2-14,18,21H2,1H3. The maximum atomic E-state index is 11.7. The average molecular weight is 346 g/mol. The molecule has 0 saturated carbocycles. The number of rotatable bonds is 16. The molecular weight excluding hydrogens is 308 g/mol. The molecular formula is C23H37O2. The third-order valence-corrected chi connectivity index (χ3v) is 4.67. The zero-order valence-electron chi connectivity index (χ0n) is 16.2. The summed E-state index contributed by atoms with van der Waals surface area (Å²) in [5.74, 6) is -0.230. The van der Waals surface area contributed by atoms with Gasteiger partial charge in [0, 0.05) is 0 Å². The van der Waals surface area contributed by atoms with Gasteiger partial charge in [0.15, 0.2) is 0 Å². The minimum Gasteiger partial charge on any atom is -0.462 e. The number of carbonyl (C=O) groups is 1. The Bertz CT molecular complexity index is 413. The van der Waals surface area contributed by atoms with Gasteiger partial charge >= 0.3 is 5.97 Å². The van der Waals surface area contributed by atoms with E-state index in [9.17, 15) is 4.79 Å². The molecule has 0 saturated heterocycles. The Balaban J connectivity index is 1.78. The molecule has 1 radical (unpaired) electrons. The number of benzene rings is 1. The van der Waals surface area contributed by atoms with Gasteiger partial charge in [-0.15, -0.1) is 0 Å². The largest absolute Gasteiger partial charge is 0.462 e. The van der Waals surface area contributed by atoms with Crippen LogP contribution in [0.25, 0.3) is 0 Å². The van der Waals surface area contributed by atoms with E-state index in [1.54, 1.807) is 18.2 Å². The van der Waals surface area contributed by atoms with Crippen LogP contribution < -0.4 is 0 Å². The highest BCUT2D eigenvalue weighted by Crippen LogP contribution is 2.13. The predicted octanol–water partition coefficient (Wildman–Crippen LogP) is 7.12. The Labute approximate surface area is 155 Å². The van der Waals surface area contributed by atoms with E-state index in [-0.39, 0.29) is 5.97 Å². The smallest absolute Gasteiger partial charge is 0.338 e. The van der Waals surface area contributed by atoms with Crippen LogP contribution in [0.2, 0.25) is 0 Å². The van der Waals surface area contributed by atoms with Crippen LogP contribution in [0.3, 0.4) is 0 Å². The van der Waals surface area contributed by atoms with Gasteiger partial charge in [-0.05, 0) is 24.6 Å². The highest BCUT2D eigenvalue weighted by atomic mass is 16.5. The van der Waals surface area contributed by atoms with Gasteiger partial charge in [0.1, 0.15) is 0 Å². The zero-order chi connectivity index (χ0) is 18.0. The first kappa shape index (κ1) is 21.7. The van der Waals surface area contributed by atoms with E-state index >= 15 is 0 Å². The van der Waals surface area contributed by atoms with Crippen LogP contribution in [0.15, 0.2) is 24.3 Å². The van der Waals surface area contributed by atoms with Crippen molar-refractivity contribution >= 4 is 5.97 Å². The van der Waals surface area contributed by atoms with E-state index in [2.05, 4.69) is 13.0 Å². The van der Waals surface area contributed by atoms with E-state index in [4.69, 9.17) is 4.74 Å². The Kier molecular flexibility index (Phi) is 14.1. The van der Waals surface area contributed by atoms with Gasteiger partial charge in [0.25, 0.3) is 0 Å². The van der Waals surface area contributed by atoms with Crippen molar-refractivity contribution in [3.63, 3.8) is 0 Å². The molecule has 1 aromatic carbocycles. The predicted molar refractivity (Wildman–Crippen MR) is 106 cm³/mol. The zero-order valence-corrected chi connectivity index (χ0v) is 16.2. The maximum absolute atomic E-state index is 11.7. The summed E-state index contributed by atoms with van der Waals surface area (Å²) >= 11 is 0. The third kappa shape index (κ3) is 12.7. The molecule has 0 spiro atoms. The molecule has 0 N–H and O–H groups in total. The molecule has 0 aliphatic heterocycles. The Morgan fingerprint density at radius 1 is 0.840 bits per heavy atom. The molecule has 2 nitrogen and oxygen atoms in total. The molecule has 0 bridgehead atoms. The van der Waals surface area contributed by atoms with Gasteiger partial charge in [-0.2, -0.15) is 0 Å². The molecule has 1 aromatic rings. The molecule has 0 aliphatic rings. The fourth-order valence-corrected chi connectivity index (χ4v) is 3.07. The first-order valence-corrected chi connectivity index (χ1v) is 10.5. The van der Waals surface area contributed by atoms with Gasteiger partial charge in [0.05, 0.1) is 12.2 Å². The fraction of sp³-hybridized carbons (Fsp3) is 0.696. The molecule has 1 rings (SSSR count). The van der Waals surface area contributed by atoms with Crippen molar-refractivity contribution in [2.75, 3.05) is 6.61 Å². The molecule has 0 aliphatic carbocycles. The molecule has 141 valence electrons. The van der Waals surface area contributed by atoms with Crippen molar-refractivity contribution in [2.45, 2.75) is 96.8 Å². The van der Waals surface area contributed by atoms with Crippen molar-refractivity contribution in [2.24, 2.45) is 0 Å². The first-order valence-electron chi connectivity index (χ1n) is 10.5. The topological polar surface area (TPSA) is 26.3 Å². The summed E-state index contributed by atoms with van der Waals surface area (Å²) in [5, 5.41) is 0. The van der Waals surface area contributed by atoms with Crippen LogP contribution in [0.5, 0.6) is 0 Å². The minimum atomic E-state index is -0.230. The molecule has 25 heavy (non-hydrogen) atoms. The molecule has 0 aromatic heterocycles. The second-order valence-corrected chi connectivity index (χ2v) is 7.02. The molecule has 0 atom stereocenters. The normalized spacial score (nSPS) is 10.8. The second kappa shape index (κ2) is 16.2. The number of esters is 1. The Hall–Kier alpha value is -1.31. The average Bonchev–Trinajstić information content (AvgIpc) is 2.65. The van der Waals surface area contributed by atoms with E-state index < -0.39 is 0 Å². The lowest BCUT2D eigenvalue weighted by molar-refractivity contribution is 0.0497. The summed E-state index contributed by atoms with van der Waals surface area (Å²) < 4.78 is 5.28. The van der Waals surface area contributed by atoms with Crippen LogP contribution in [-0.2, 0) is 4.74 Å². The van der Waals surface area contributed by atoms with Crippen LogP contribution in [-0.4, -0.2) is 12.6 Å². The van der Waals surface area contributed by atoms with Gasteiger partial charge in [-0.1, -0.05) is 103 Å². The molecule has 2 heteroatoms. The van der Waals surface area contributed by atoms with Gasteiger partial charge < -0.3 is 4.74 Å². The number of ether oxygens (including phenoxy) is 1. The van der Waals surface area contributed by atoms with Crippen LogP contribution in [0.4, 0.5) is 0 Å². The van der Waals surface area contributed by atoms with Crippen LogP contribution in [0.1, 0.15) is 107 Å². The monoisotopic (exact) mass is 345 g/mol. The van der Waals surface area contributed by atoms with E-state index in [0.29, 0.717) is 12.2 Å². The highest BCUT2D eigenvalue weighted by molar-refractivity contribution is 5.89. The van der Waals surface area contributed by atoms with Crippen molar-refractivity contribution in [1.82, 2.24) is 0 Å². The molecule has 0 fully saturated rings. The summed E-state index contributed by atoms with van der Waals surface area (Å²) in [4.78, 5) is 11.7. The number of carbonyl (C=O) groups excluding carboxylic acids is 1. The van der Waals surface area contributed by atoms with Crippen molar-refractivity contribution in [3.8, 4) is 0 Å². The summed E-state index contributed by atoms with van der Waals surface area (Å²) in [7, 11) is 0. The lowest BCUT2D eigenvalue weighted by Gasteiger charge is -2.05. The number of hydrogen-bond acceptors (Lipinski definition) is 2. The van der Waals surface area contributed by atoms with E-state index in [1.807, 2.05) is 6.07 Å². The SMILES string of the molecule is CCCCCCCCCCCCCCCCOC(=O)c1c[c]ccc1. The van der Waals surface area contributed by atoms with E-state index in [0.717, 1.165) is 12.8 Å². The highest BCUT2D eigenvalue weighted by Gasteiger charge is 2.04. The van der Waals surface area contributed by atoms with Crippen molar-refractivity contribution < 1.29 is 9.53 Å². The Morgan fingerprint density at radius 3 is 1.84 bits per heavy atom. The lowest BCUT2D eigenvalue weighted by Crippen LogP contribution is -2.06. The number of hydrogen-bond donors (Lipinski definition) is 0. The summed E-state index contributed by atoms with van der Waals surface area (Å²) in [6, 6.07) is 9.93. The summed E-state index contributed by atoms with van der Waals surface area (Å²) in [6.45, 7) is 2.81. The van der Waals surface area contributed by atoms with Crippen molar-refractivity contribution in [1.29, 1.82) is 0 Å². The quantitative estimate of drug-likeness (QED) is 0.235. The summed E-state index contributed by atoms with van der Waals surface area (Å²) in [6.07, 6.45) is 18.7. The molecule has 0 unspecified atom stereocenters. The fourth-order valence-electron chi connectivity index (χ4n) is 3.07. The van der Waals surface area contributed by atoms with Crippen LogP contribution >= 0.6 is 0 Å².